The zero-order valence-electron chi connectivity index (χ0n) is 13.0. The van der Waals surface area contributed by atoms with E-state index in [2.05, 4.69) is 15.5 Å². The van der Waals surface area contributed by atoms with Crippen molar-refractivity contribution in [1.82, 2.24) is 10.2 Å². The average Bonchev–Trinajstić information content (AvgIpc) is 3.03. The van der Waals surface area contributed by atoms with Gasteiger partial charge in [0.1, 0.15) is 11.3 Å². The van der Waals surface area contributed by atoms with E-state index >= 15 is 0 Å². The highest BCUT2D eigenvalue weighted by molar-refractivity contribution is 7.18. The molecule has 124 valence electrons. The first-order valence-corrected chi connectivity index (χ1v) is 8.88. The Bertz CT molecular complexity index is 928. The van der Waals surface area contributed by atoms with Crippen LogP contribution in [0.2, 0.25) is 0 Å². The second-order valence-electron chi connectivity index (χ2n) is 6.06. The fourth-order valence-electron chi connectivity index (χ4n) is 3.06. The van der Waals surface area contributed by atoms with Crippen LogP contribution in [0.1, 0.15) is 32.1 Å². The van der Waals surface area contributed by atoms with Crippen molar-refractivity contribution < 1.29 is 9.52 Å². The molecule has 0 atom stereocenters. The third kappa shape index (κ3) is 2.99. The van der Waals surface area contributed by atoms with E-state index in [0.29, 0.717) is 22.2 Å². The van der Waals surface area contributed by atoms with Crippen LogP contribution in [0, 0.1) is 0 Å². The molecule has 1 aliphatic carbocycles. The zero-order valence-corrected chi connectivity index (χ0v) is 13.8. The molecule has 0 bridgehead atoms. The fourth-order valence-corrected chi connectivity index (χ4v) is 3.89. The Kier molecular flexibility index (Phi) is 3.93. The number of nitrogens with zero attached hydrogens (tertiary/aromatic N) is 2. The van der Waals surface area contributed by atoms with Crippen LogP contribution in [-0.4, -0.2) is 21.3 Å². The number of benzene rings is 1. The van der Waals surface area contributed by atoms with Crippen molar-refractivity contribution in [2.24, 2.45) is 0 Å². The van der Waals surface area contributed by atoms with E-state index in [0.717, 1.165) is 23.4 Å². The Morgan fingerprint density at radius 1 is 1.17 bits per heavy atom. The minimum absolute atomic E-state index is 0.0632. The minimum atomic E-state index is -0.478. The number of phenols is 1. The van der Waals surface area contributed by atoms with Gasteiger partial charge in [-0.05, 0) is 31.0 Å². The highest BCUT2D eigenvalue weighted by Crippen LogP contribution is 2.29. The van der Waals surface area contributed by atoms with E-state index in [-0.39, 0.29) is 5.75 Å². The predicted molar refractivity (Wildman–Crippen MR) is 93.5 cm³/mol. The second-order valence-corrected chi connectivity index (χ2v) is 7.04. The molecule has 2 aromatic heterocycles. The second kappa shape index (κ2) is 6.24. The largest absolute Gasteiger partial charge is 0.508 e. The van der Waals surface area contributed by atoms with Crippen molar-refractivity contribution in [2.45, 2.75) is 38.1 Å². The van der Waals surface area contributed by atoms with Gasteiger partial charge in [-0.2, -0.15) is 0 Å². The molecule has 4 rings (SSSR count). The van der Waals surface area contributed by atoms with Gasteiger partial charge in [-0.25, -0.2) is 4.79 Å². The molecule has 0 unspecified atom stereocenters. The first-order valence-electron chi connectivity index (χ1n) is 8.06. The maximum absolute atomic E-state index is 12.2. The average molecular weight is 343 g/mol. The molecule has 0 saturated heterocycles. The topological polar surface area (TPSA) is 88.2 Å². The number of hydrogen-bond donors (Lipinski definition) is 2. The van der Waals surface area contributed by atoms with Gasteiger partial charge in [0, 0.05) is 17.5 Å². The number of hydrogen-bond acceptors (Lipinski definition) is 7. The van der Waals surface area contributed by atoms with Gasteiger partial charge in [0.05, 0.1) is 5.56 Å². The van der Waals surface area contributed by atoms with E-state index < -0.39 is 5.63 Å². The number of fused-ring (bicyclic) bond motifs is 1. The standard InChI is InChI=1S/C17H17N3O3S/c21-12-7-6-10-8-13(16(22)23-14(10)9-12)15-19-20-17(24-15)18-11-4-2-1-3-5-11/h6-9,11,21H,1-5H2,(H,18,20). The molecule has 0 radical (unpaired) electrons. The molecule has 7 heteroatoms. The van der Waals surface area contributed by atoms with Crippen molar-refractivity contribution in [3.63, 3.8) is 0 Å². The molecular formula is C17H17N3O3S. The number of nitrogens with one attached hydrogen (secondary N) is 1. The highest BCUT2D eigenvalue weighted by Gasteiger charge is 2.17. The lowest BCUT2D eigenvalue weighted by atomic mass is 9.96. The van der Waals surface area contributed by atoms with Crippen LogP contribution in [0.3, 0.4) is 0 Å². The number of rotatable bonds is 3. The van der Waals surface area contributed by atoms with Crippen molar-refractivity contribution >= 4 is 27.4 Å². The van der Waals surface area contributed by atoms with E-state index in [1.54, 1.807) is 18.2 Å². The van der Waals surface area contributed by atoms with Crippen LogP contribution < -0.4 is 10.9 Å². The van der Waals surface area contributed by atoms with Crippen LogP contribution in [0.4, 0.5) is 5.13 Å². The van der Waals surface area contributed by atoms with Gasteiger partial charge in [0.25, 0.3) is 0 Å². The summed E-state index contributed by atoms with van der Waals surface area (Å²) in [4.78, 5) is 12.2. The summed E-state index contributed by atoms with van der Waals surface area (Å²) in [5.41, 5.74) is 0.268. The lowest BCUT2D eigenvalue weighted by Gasteiger charge is -2.21. The summed E-state index contributed by atoms with van der Waals surface area (Å²) in [5.74, 6) is 0.0632. The predicted octanol–water partition coefficient (Wildman–Crippen LogP) is 3.76. The summed E-state index contributed by atoms with van der Waals surface area (Å²) in [6, 6.07) is 6.86. The van der Waals surface area contributed by atoms with Gasteiger partial charge in [-0.1, -0.05) is 30.6 Å². The zero-order chi connectivity index (χ0) is 16.5. The van der Waals surface area contributed by atoms with Crippen LogP contribution in [-0.2, 0) is 0 Å². The van der Waals surface area contributed by atoms with Gasteiger partial charge in [-0.15, -0.1) is 10.2 Å². The molecule has 3 aromatic rings. The summed E-state index contributed by atoms with van der Waals surface area (Å²) >= 11 is 1.36. The Labute approximate surface area is 142 Å². The van der Waals surface area contributed by atoms with E-state index in [9.17, 15) is 9.90 Å². The molecule has 1 saturated carbocycles. The van der Waals surface area contributed by atoms with Crippen molar-refractivity contribution in [3.8, 4) is 16.3 Å². The summed E-state index contributed by atoms with van der Waals surface area (Å²) in [5, 5.41) is 23.2. The SMILES string of the molecule is O=c1oc2cc(O)ccc2cc1-c1nnc(NC2CCCCC2)s1. The first kappa shape index (κ1) is 15.1. The van der Waals surface area contributed by atoms with Crippen LogP contribution in [0.5, 0.6) is 5.75 Å². The van der Waals surface area contributed by atoms with Gasteiger partial charge < -0.3 is 14.8 Å². The Morgan fingerprint density at radius 2 is 2.00 bits per heavy atom. The summed E-state index contributed by atoms with van der Waals surface area (Å²) in [6.07, 6.45) is 6.08. The van der Waals surface area contributed by atoms with Gasteiger partial charge in [0.2, 0.25) is 5.13 Å². The summed E-state index contributed by atoms with van der Waals surface area (Å²) < 4.78 is 5.29. The quantitative estimate of drug-likeness (QED) is 0.704. The highest BCUT2D eigenvalue weighted by atomic mass is 32.1. The van der Waals surface area contributed by atoms with E-state index in [4.69, 9.17) is 4.42 Å². The number of aromatic nitrogens is 2. The molecule has 1 aromatic carbocycles. The number of phenolic OH excluding ortho intramolecular Hbond substituents is 1. The number of anilines is 1. The third-order valence-corrected chi connectivity index (χ3v) is 5.20. The van der Waals surface area contributed by atoms with E-state index in [1.165, 1.54) is 36.7 Å². The van der Waals surface area contributed by atoms with Crippen molar-refractivity contribution in [3.05, 3.63) is 34.7 Å². The molecule has 2 N–H and O–H groups in total. The van der Waals surface area contributed by atoms with Crippen molar-refractivity contribution in [2.75, 3.05) is 5.32 Å². The molecular weight excluding hydrogens is 326 g/mol. The maximum atomic E-state index is 12.2. The number of aromatic hydroxyl groups is 1. The van der Waals surface area contributed by atoms with Gasteiger partial charge in [-0.3, -0.25) is 0 Å². The van der Waals surface area contributed by atoms with Crippen LogP contribution >= 0.6 is 11.3 Å². The molecule has 6 nitrogen and oxygen atoms in total. The molecule has 0 amide bonds. The van der Waals surface area contributed by atoms with E-state index in [1.807, 2.05) is 0 Å². The van der Waals surface area contributed by atoms with Gasteiger partial charge >= 0.3 is 5.63 Å². The Morgan fingerprint density at radius 3 is 2.83 bits per heavy atom. The minimum Gasteiger partial charge on any atom is -0.508 e. The normalized spacial score (nSPS) is 15.7. The molecule has 1 aliphatic rings. The summed E-state index contributed by atoms with van der Waals surface area (Å²) in [7, 11) is 0. The molecule has 0 spiro atoms. The maximum Gasteiger partial charge on any atom is 0.346 e. The third-order valence-electron chi connectivity index (χ3n) is 4.31. The molecule has 2 heterocycles. The van der Waals surface area contributed by atoms with Crippen LogP contribution in [0.25, 0.3) is 21.5 Å². The summed E-state index contributed by atoms with van der Waals surface area (Å²) in [6.45, 7) is 0. The monoisotopic (exact) mass is 343 g/mol. The molecule has 24 heavy (non-hydrogen) atoms. The smallest absolute Gasteiger partial charge is 0.346 e. The Balaban J connectivity index is 1.64. The Hall–Kier alpha value is -2.41. The first-order chi connectivity index (χ1) is 11.7. The molecule has 0 aliphatic heterocycles. The van der Waals surface area contributed by atoms with Crippen LogP contribution in [0.15, 0.2) is 33.5 Å². The molecule has 1 fully saturated rings. The lowest BCUT2D eigenvalue weighted by molar-refractivity contribution is 0.462. The fraction of sp³-hybridized carbons (Fsp3) is 0.353. The van der Waals surface area contributed by atoms with Crippen molar-refractivity contribution in [1.29, 1.82) is 0 Å². The lowest BCUT2D eigenvalue weighted by Crippen LogP contribution is -2.21. The van der Waals surface area contributed by atoms with Gasteiger partial charge in [0.15, 0.2) is 5.01 Å².